The summed E-state index contributed by atoms with van der Waals surface area (Å²) in [7, 11) is 0. The lowest BCUT2D eigenvalue weighted by Gasteiger charge is -2.34. The van der Waals surface area contributed by atoms with Gasteiger partial charge in [0.15, 0.2) is 0 Å². The lowest BCUT2D eigenvalue weighted by atomic mass is 10.1. The quantitative estimate of drug-likeness (QED) is 0.586. The van der Waals surface area contributed by atoms with Gasteiger partial charge < -0.3 is 14.2 Å². The van der Waals surface area contributed by atoms with Gasteiger partial charge in [0.05, 0.1) is 18.8 Å². The fraction of sp³-hybridized carbons (Fsp3) is 0.765. The van der Waals surface area contributed by atoms with E-state index in [0.29, 0.717) is 13.0 Å². The average molecular weight is 327 g/mol. The van der Waals surface area contributed by atoms with Crippen molar-refractivity contribution in [2.45, 2.75) is 78.4 Å². The highest BCUT2D eigenvalue weighted by molar-refractivity contribution is 5.81. The van der Waals surface area contributed by atoms with E-state index in [4.69, 9.17) is 14.2 Å². The predicted octanol–water partition coefficient (Wildman–Crippen LogP) is 3.26. The average Bonchev–Trinajstić information content (AvgIpc) is 2.57. The van der Waals surface area contributed by atoms with Crippen LogP contribution < -0.4 is 0 Å². The van der Waals surface area contributed by atoms with Crippen LogP contribution in [-0.4, -0.2) is 47.0 Å². The first-order valence-electron chi connectivity index (χ1n) is 8.01. The zero-order chi connectivity index (χ0) is 17.8. The summed E-state index contributed by atoms with van der Waals surface area (Å²) in [5, 5.41) is 0. The Morgan fingerprint density at radius 3 is 2.43 bits per heavy atom. The van der Waals surface area contributed by atoms with Crippen molar-refractivity contribution in [2.75, 3.05) is 6.61 Å². The molecule has 23 heavy (non-hydrogen) atoms. The van der Waals surface area contributed by atoms with Gasteiger partial charge in [0.2, 0.25) is 0 Å². The van der Waals surface area contributed by atoms with Crippen molar-refractivity contribution in [1.29, 1.82) is 0 Å². The summed E-state index contributed by atoms with van der Waals surface area (Å²) in [4.78, 5) is 25.4. The van der Waals surface area contributed by atoms with Gasteiger partial charge in [0.1, 0.15) is 11.3 Å². The van der Waals surface area contributed by atoms with Crippen molar-refractivity contribution in [3.8, 4) is 0 Å². The Bertz CT molecular complexity index is 464. The standard InChI is InChI=1S/C17H29NO5/c1-8-21-14(19)11-9-10-13-12(2)18(17(6,7)22-13)15(20)23-16(3,4)5/h9,11-13H,8,10H2,1-7H3/b11-9+/t12-,13-/m0/s1. The van der Waals surface area contributed by atoms with E-state index in [-0.39, 0.29) is 18.1 Å². The van der Waals surface area contributed by atoms with Crippen LogP contribution in [0.25, 0.3) is 0 Å². The molecule has 0 aromatic rings. The second-order valence-corrected chi connectivity index (χ2v) is 7.08. The van der Waals surface area contributed by atoms with E-state index >= 15 is 0 Å². The molecule has 1 rings (SSSR count). The molecule has 1 fully saturated rings. The molecule has 1 saturated heterocycles. The van der Waals surface area contributed by atoms with Crippen molar-refractivity contribution in [2.24, 2.45) is 0 Å². The van der Waals surface area contributed by atoms with Crippen LogP contribution in [-0.2, 0) is 19.0 Å². The first kappa shape index (κ1) is 19.5. The molecule has 0 bridgehead atoms. The molecule has 1 aliphatic heterocycles. The van der Waals surface area contributed by atoms with E-state index in [2.05, 4.69) is 0 Å². The molecule has 1 heterocycles. The second-order valence-electron chi connectivity index (χ2n) is 7.08. The van der Waals surface area contributed by atoms with Crippen molar-refractivity contribution >= 4 is 12.1 Å². The maximum Gasteiger partial charge on any atom is 0.412 e. The number of amides is 1. The Morgan fingerprint density at radius 2 is 1.91 bits per heavy atom. The lowest BCUT2D eigenvalue weighted by molar-refractivity contribution is -0.137. The van der Waals surface area contributed by atoms with Gasteiger partial charge in [0, 0.05) is 6.08 Å². The smallest absolute Gasteiger partial charge is 0.412 e. The van der Waals surface area contributed by atoms with E-state index in [1.54, 1.807) is 17.9 Å². The van der Waals surface area contributed by atoms with Gasteiger partial charge in [-0.05, 0) is 54.9 Å². The number of ether oxygens (including phenoxy) is 3. The molecule has 1 aliphatic rings. The topological polar surface area (TPSA) is 65.1 Å². The fourth-order valence-corrected chi connectivity index (χ4v) is 2.61. The van der Waals surface area contributed by atoms with Gasteiger partial charge in [-0.1, -0.05) is 6.08 Å². The Labute approximate surface area is 138 Å². The van der Waals surface area contributed by atoms with Crippen LogP contribution in [0.3, 0.4) is 0 Å². The molecule has 0 saturated carbocycles. The molecule has 0 N–H and O–H groups in total. The SMILES string of the molecule is CCOC(=O)/C=C/C[C@@H]1OC(C)(C)N(C(=O)OC(C)(C)C)[C@H]1C. The highest BCUT2D eigenvalue weighted by atomic mass is 16.6. The van der Waals surface area contributed by atoms with Gasteiger partial charge in [-0.3, -0.25) is 4.90 Å². The molecule has 0 unspecified atom stereocenters. The number of nitrogens with zero attached hydrogens (tertiary/aromatic N) is 1. The number of esters is 1. The summed E-state index contributed by atoms with van der Waals surface area (Å²) < 4.78 is 16.3. The van der Waals surface area contributed by atoms with Gasteiger partial charge in [0.25, 0.3) is 0 Å². The molecule has 0 radical (unpaired) electrons. The molecule has 0 spiro atoms. The molecule has 6 heteroatoms. The third-order valence-corrected chi connectivity index (χ3v) is 3.46. The fourth-order valence-electron chi connectivity index (χ4n) is 2.61. The summed E-state index contributed by atoms with van der Waals surface area (Å²) in [5.74, 6) is -0.374. The van der Waals surface area contributed by atoms with Crippen molar-refractivity contribution in [3.63, 3.8) is 0 Å². The van der Waals surface area contributed by atoms with Gasteiger partial charge in [-0.15, -0.1) is 0 Å². The van der Waals surface area contributed by atoms with Crippen molar-refractivity contribution in [1.82, 2.24) is 4.90 Å². The molecule has 0 aromatic carbocycles. The Kier molecular flexibility index (Phi) is 6.22. The van der Waals surface area contributed by atoms with Crippen LogP contribution in [0, 0.1) is 0 Å². The lowest BCUT2D eigenvalue weighted by Crippen LogP contribution is -2.49. The van der Waals surface area contributed by atoms with E-state index in [9.17, 15) is 9.59 Å². The van der Waals surface area contributed by atoms with Crippen LogP contribution in [0.5, 0.6) is 0 Å². The highest BCUT2D eigenvalue weighted by Crippen LogP contribution is 2.34. The summed E-state index contributed by atoms with van der Waals surface area (Å²) in [6, 6.07) is -0.160. The first-order valence-corrected chi connectivity index (χ1v) is 8.01. The summed E-state index contributed by atoms with van der Waals surface area (Å²) in [6.07, 6.45) is 3.02. The van der Waals surface area contributed by atoms with Gasteiger partial charge in [-0.2, -0.15) is 0 Å². The van der Waals surface area contributed by atoms with Gasteiger partial charge in [-0.25, -0.2) is 9.59 Å². The van der Waals surface area contributed by atoms with Gasteiger partial charge >= 0.3 is 12.1 Å². The van der Waals surface area contributed by atoms with Crippen LogP contribution in [0.15, 0.2) is 12.2 Å². The predicted molar refractivity (Wildman–Crippen MR) is 86.9 cm³/mol. The van der Waals surface area contributed by atoms with E-state index in [0.717, 1.165) is 0 Å². The number of carbonyl (C=O) groups is 2. The van der Waals surface area contributed by atoms with Crippen molar-refractivity contribution in [3.05, 3.63) is 12.2 Å². The third-order valence-electron chi connectivity index (χ3n) is 3.46. The minimum absolute atomic E-state index is 0.160. The van der Waals surface area contributed by atoms with E-state index in [1.165, 1.54) is 6.08 Å². The largest absolute Gasteiger partial charge is 0.463 e. The van der Waals surface area contributed by atoms with E-state index in [1.807, 2.05) is 41.5 Å². The van der Waals surface area contributed by atoms with Crippen LogP contribution in [0.1, 0.15) is 54.9 Å². The Balaban J connectivity index is 2.74. The second kappa shape index (κ2) is 7.34. The summed E-state index contributed by atoms with van der Waals surface area (Å²) in [6.45, 7) is 13.2. The molecular weight excluding hydrogens is 298 g/mol. The molecule has 0 aliphatic carbocycles. The number of rotatable bonds is 4. The first-order chi connectivity index (χ1) is 10.5. The Morgan fingerprint density at radius 1 is 1.30 bits per heavy atom. The maximum absolute atomic E-state index is 12.4. The Hall–Kier alpha value is -1.56. The molecular formula is C17H29NO5. The summed E-state index contributed by atoms with van der Waals surface area (Å²) in [5.41, 5.74) is -1.32. The van der Waals surface area contributed by atoms with Crippen LogP contribution in [0.4, 0.5) is 4.79 Å². The monoisotopic (exact) mass is 327 g/mol. The summed E-state index contributed by atoms with van der Waals surface area (Å²) >= 11 is 0. The molecule has 6 nitrogen and oxygen atoms in total. The molecule has 132 valence electrons. The molecule has 1 amide bonds. The minimum atomic E-state index is -0.760. The van der Waals surface area contributed by atoms with Crippen molar-refractivity contribution < 1.29 is 23.8 Å². The number of hydrogen-bond donors (Lipinski definition) is 0. The minimum Gasteiger partial charge on any atom is -0.463 e. The zero-order valence-electron chi connectivity index (χ0n) is 15.2. The third kappa shape index (κ3) is 5.53. The zero-order valence-corrected chi connectivity index (χ0v) is 15.2. The number of hydrogen-bond acceptors (Lipinski definition) is 5. The van der Waals surface area contributed by atoms with Crippen LogP contribution >= 0.6 is 0 Å². The maximum atomic E-state index is 12.4. The van der Waals surface area contributed by atoms with E-state index < -0.39 is 17.4 Å². The normalized spacial score (nSPS) is 24.0. The number of carbonyl (C=O) groups excluding carboxylic acids is 2. The molecule has 0 aromatic heterocycles. The van der Waals surface area contributed by atoms with Crippen LogP contribution in [0.2, 0.25) is 0 Å². The highest BCUT2D eigenvalue weighted by Gasteiger charge is 2.48. The molecule has 2 atom stereocenters.